The monoisotopic (exact) mass is 146 g/mol. The van der Waals surface area contributed by atoms with Crippen LogP contribution < -0.4 is 5.32 Å². The summed E-state index contributed by atoms with van der Waals surface area (Å²) >= 11 is 0. The van der Waals surface area contributed by atoms with Crippen LogP contribution in [0.2, 0.25) is 0 Å². The highest BCUT2D eigenvalue weighted by molar-refractivity contribution is 5.18. The minimum atomic E-state index is 0.112. The van der Waals surface area contributed by atoms with Crippen LogP contribution >= 0.6 is 0 Å². The zero-order chi connectivity index (χ0) is 8.10. The second kappa shape index (κ2) is 3.62. The van der Waals surface area contributed by atoms with Crippen molar-refractivity contribution in [3.8, 4) is 6.19 Å². The minimum absolute atomic E-state index is 0.112. The highest BCUT2D eigenvalue weighted by Gasteiger charge is 2.00. The van der Waals surface area contributed by atoms with Crippen molar-refractivity contribution in [3.63, 3.8) is 0 Å². The minimum Gasteiger partial charge on any atom is -0.317 e. The number of hydrogen-bond acceptors (Lipinski definition) is 2. The van der Waals surface area contributed by atoms with Gasteiger partial charge in [-0.25, -0.2) is 0 Å². The number of rotatable bonds is 2. The lowest BCUT2D eigenvalue weighted by Gasteiger charge is -2.07. The van der Waals surface area contributed by atoms with Crippen molar-refractivity contribution < 1.29 is 0 Å². The van der Waals surface area contributed by atoms with E-state index in [1.54, 1.807) is 0 Å². The van der Waals surface area contributed by atoms with E-state index in [2.05, 4.69) is 5.32 Å². The summed E-state index contributed by atoms with van der Waals surface area (Å²) in [4.78, 5) is 0. The van der Waals surface area contributed by atoms with Crippen LogP contribution in [-0.2, 0) is 0 Å². The first kappa shape index (κ1) is 7.62. The molecule has 11 heavy (non-hydrogen) atoms. The Morgan fingerprint density at radius 3 is 2.55 bits per heavy atom. The number of benzene rings is 1. The molecule has 0 spiro atoms. The number of nitriles is 1. The summed E-state index contributed by atoms with van der Waals surface area (Å²) in [6, 6.07) is 9.99. The molecule has 1 rings (SSSR count). The third kappa shape index (κ3) is 1.98. The van der Waals surface area contributed by atoms with Crippen molar-refractivity contribution in [2.75, 3.05) is 0 Å². The van der Waals surface area contributed by atoms with Crippen molar-refractivity contribution in [2.45, 2.75) is 13.0 Å². The van der Waals surface area contributed by atoms with Crippen LogP contribution in [0, 0.1) is 11.5 Å². The van der Waals surface area contributed by atoms with Crippen LogP contribution in [0.25, 0.3) is 0 Å². The Kier molecular flexibility index (Phi) is 2.51. The van der Waals surface area contributed by atoms with E-state index in [4.69, 9.17) is 5.26 Å². The fourth-order valence-corrected chi connectivity index (χ4v) is 0.922. The molecule has 1 aromatic carbocycles. The van der Waals surface area contributed by atoms with Gasteiger partial charge in [-0.3, -0.25) is 0 Å². The first-order chi connectivity index (χ1) is 5.34. The molecule has 0 aliphatic rings. The lowest BCUT2D eigenvalue weighted by atomic mass is 10.1. The van der Waals surface area contributed by atoms with Crippen molar-refractivity contribution in [1.29, 1.82) is 5.26 Å². The molecule has 0 fully saturated rings. The summed E-state index contributed by atoms with van der Waals surface area (Å²) < 4.78 is 0. The van der Waals surface area contributed by atoms with E-state index < -0.39 is 0 Å². The van der Waals surface area contributed by atoms with Gasteiger partial charge in [-0.05, 0) is 12.5 Å². The van der Waals surface area contributed by atoms with Gasteiger partial charge in [0.2, 0.25) is 0 Å². The van der Waals surface area contributed by atoms with Gasteiger partial charge in [0.05, 0.1) is 6.04 Å². The first-order valence-electron chi connectivity index (χ1n) is 3.54. The van der Waals surface area contributed by atoms with Crippen molar-refractivity contribution in [2.24, 2.45) is 0 Å². The first-order valence-corrected chi connectivity index (χ1v) is 3.54. The Hall–Kier alpha value is -1.49. The van der Waals surface area contributed by atoms with E-state index in [0.717, 1.165) is 5.56 Å². The van der Waals surface area contributed by atoms with E-state index in [9.17, 15) is 0 Å². The Morgan fingerprint density at radius 2 is 2.00 bits per heavy atom. The maximum atomic E-state index is 8.34. The highest BCUT2D eigenvalue weighted by Crippen LogP contribution is 2.09. The average Bonchev–Trinajstić information content (AvgIpc) is 2.07. The quantitative estimate of drug-likeness (QED) is 0.510. The average molecular weight is 146 g/mol. The molecule has 56 valence electrons. The van der Waals surface area contributed by atoms with Gasteiger partial charge < -0.3 is 5.32 Å². The molecular formula is C9H10N2. The molecule has 0 aliphatic carbocycles. The van der Waals surface area contributed by atoms with Crippen molar-refractivity contribution in [3.05, 3.63) is 35.9 Å². The fourth-order valence-electron chi connectivity index (χ4n) is 0.922. The molecule has 2 nitrogen and oxygen atoms in total. The van der Waals surface area contributed by atoms with Gasteiger partial charge in [-0.2, -0.15) is 5.26 Å². The second-order valence-corrected chi connectivity index (χ2v) is 2.39. The number of nitrogens with zero attached hydrogens (tertiary/aromatic N) is 1. The van der Waals surface area contributed by atoms with E-state index in [1.165, 1.54) is 0 Å². The number of nitrogens with one attached hydrogen (secondary N) is 1. The molecule has 0 saturated carbocycles. The van der Waals surface area contributed by atoms with Gasteiger partial charge in [0.15, 0.2) is 6.19 Å². The highest BCUT2D eigenvalue weighted by atomic mass is 14.9. The largest absolute Gasteiger partial charge is 0.317 e. The third-order valence-corrected chi connectivity index (χ3v) is 1.58. The molecule has 0 bridgehead atoms. The maximum Gasteiger partial charge on any atom is 0.177 e. The number of hydrogen-bond donors (Lipinski definition) is 1. The summed E-state index contributed by atoms with van der Waals surface area (Å²) in [5, 5.41) is 11.0. The fraction of sp³-hybridized carbons (Fsp3) is 0.222. The molecule has 0 heterocycles. The van der Waals surface area contributed by atoms with Crippen LogP contribution in [0.1, 0.15) is 18.5 Å². The molecule has 0 aliphatic heterocycles. The zero-order valence-electron chi connectivity index (χ0n) is 6.41. The lowest BCUT2D eigenvalue weighted by molar-refractivity contribution is 0.697. The van der Waals surface area contributed by atoms with E-state index in [-0.39, 0.29) is 6.04 Å². The molecule has 1 N–H and O–H groups in total. The van der Waals surface area contributed by atoms with E-state index in [0.29, 0.717) is 0 Å². The molecule has 0 aromatic heterocycles. The third-order valence-electron chi connectivity index (χ3n) is 1.58. The molecule has 1 atom stereocenters. The summed E-state index contributed by atoms with van der Waals surface area (Å²) in [5.41, 5.74) is 1.13. The van der Waals surface area contributed by atoms with Crippen LogP contribution in [-0.4, -0.2) is 0 Å². The normalized spacial score (nSPS) is 11.6. The molecule has 0 amide bonds. The Morgan fingerprint density at radius 1 is 1.36 bits per heavy atom. The van der Waals surface area contributed by atoms with Crippen molar-refractivity contribution >= 4 is 0 Å². The van der Waals surface area contributed by atoms with Gasteiger partial charge in [0, 0.05) is 0 Å². The second-order valence-electron chi connectivity index (χ2n) is 2.39. The van der Waals surface area contributed by atoms with Crippen LogP contribution in [0.3, 0.4) is 0 Å². The molecule has 0 unspecified atom stereocenters. The van der Waals surface area contributed by atoms with Crippen LogP contribution in [0.15, 0.2) is 30.3 Å². The molecule has 1 aromatic rings. The van der Waals surface area contributed by atoms with Crippen LogP contribution in [0.4, 0.5) is 0 Å². The lowest BCUT2D eigenvalue weighted by Crippen LogP contribution is -2.11. The molecule has 2 heteroatoms. The van der Waals surface area contributed by atoms with Gasteiger partial charge in [0.25, 0.3) is 0 Å². The topological polar surface area (TPSA) is 35.8 Å². The van der Waals surface area contributed by atoms with Crippen LogP contribution in [0.5, 0.6) is 0 Å². The van der Waals surface area contributed by atoms with Crippen molar-refractivity contribution in [1.82, 2.24) is 5.32 Å². The Labute approximate surface area is 66.5 Å². The summed E-state index contributed by atoms with van der Waals surface area (Å²) in [7, 11) is 0. The van der Waals surface area contributed by atoms with Gasteiger partial charge >= 0.3 is 0 Å². The summed E-state index contributed by atoms with van der Waals surface area (Å²) in [6.45, 7) is 1.96. The van der Waals surface area contributed by atoms with E-state index >= 15 is 0 Å². The molecule has 0 saturated heterocycles. The summed E-state index contributed by atoms with van der Waals surface area (Å²) in [5.74, 6) is 0. The SMILES string of the molecule is C[C@@H](NC#N)c1ccccc1. The Balaban J connectivity index is 2.70. The van der Waals surface area contributed by atoms with Gasteiger partial charge in [0.1, 0.15) is 0 Å². The smallest absolute Gasteiger partial charge is 0.177 e. The summed E-state index contributed by atoms with van der Waals surface area (Å²) in [6.07, 6.45) is 1.92. The van der Waals surface area contributed by atoms with Gasteiger partial charge in [-0.15, -0.1) is 0 Å². The molecule has 0 radical (unpaired) electrons. The maximum absolute atomic E-state index is 8.34. The predicted molar refractivity (Wildman–Crippen MR) is 43.6 cm³/mol. The molecular weight excluding hydrogens is 136 g/mol. The predicted octanol–water partition coefficient (Wildman–Crippen LogP) is 1.82. The zero-order valence-corrected chi connectivity index (χ0v) is 6.41. The standard InChI is InChI=1S/C9H10N2/c1-8(11-7-10)9-5-3-2-4-6-9/h2-6,8,11H,1H3/t8-/m1/s1. The van der Waals surface area contributed by atoms with Gasteiger partial charge in [-0.1, -0.05) is 30.3 Å². The Bertz CT molecular complexity index is 248. The van der Waals surface area contributed by atoms with E-state index in [1.807, 2.05) is 43.4 Å².